The highest BCUT2D eigenvalue weighted by atomic mass is 19.1. The summed E-state index contributed by atoms with van der Waals surface area (Å²) in [5, 5.41) is 2.80. The van der Waals surface area contributed by atoms with E-state index in [-0.39, 0.29) is 24.2 Å². The van der Waals surface area contributed by atoms with Crippen molar-refractivity contribution in [2.24, 2.45) is 0 Å². The number of hydrogen-bond donors (Lipinski definition) is 1. The Bertz CT molecular complexity index is 836. The lowest BCUT2D eigenvalue weighted by Crippen LogP contribution is -2.50. The summed E-state index contributed by atoms with van der Waals surface area (Å²) in [4.78, 5) is 31.1. The first kappa shape index (κ1) is 22.9. The summed E-state index contributed by atoms with van der Waals surface area (Å²) in [6, 6.07) is 16.4. The van der Waals surface area contributed by atoms with E-state index in [2.05, 4.69) is 39.4 Å². The fourth-order valence-electron chi connectivity index (χ4n) is 3.65. The van der Waals surface area contributed by atoms with Crippen LogP contribution in [0.25, 0.3) is 0 Å². The molecule has 0 unspecified atom stereocenters. The number of piperazine rings is 1. The van der Waals surface area contributed by atoms with Crippen LogP contribution >= 0.6 is 0 Å². The van der Waals surface area contributed by atoms with Crippen LogP contribution in [0.2, 0.25) is 0 Å². The topological polar surface area (TPSA) is 55.9 Å². The van der Waals surface area contributed by atoms with Gasteiger partial charge in [-0.1, -0.05) is 42.5 Å². The lowest BCUT2D eigenvalue weighted by Gasteiger charge is -2.35. The average Bonchev–Trinajstić information content (AvgIpc) is 2.79. The third kappa shape index (κ3) is 7.45. The van der Waals surface area contributed by atoms with Crippen molar-refractivity contribution in [3.63, 3.8) is 0 Å². The van der Waals surface area contributed by atoms with Crippen LogP contribution in [0.3, 0.4) is 0 Å². The summed E-state index contributed by atoms with van der Waals surface area (Å²) in [5.41, 5.74) is 2.12. The minimum atomic E-state index is -0.307. The van der Waals surface area contributed by atoms with Crippen LogP contribution in [-0.4, -0.2) is 72.3 Å². The molecule has 2 aromatic rings. The monoisotopic (exact) mass is 426 g/mol. The van der Waals surface area contributed by atoms with Gasteiger partial charge in [0, 0.05) is 45.8 Å². The fraction of sp³-hybridized carbons (Fsp3) is 0.417. The molecule has 1 aliphatic rings. The van der Waals surface area contributed by atoms with Crippen LogP contribution in [0.15, 0.2) is 54.6 Å². The van der Waals surface area contributed by atoms with Gasteiger partial charge >= 0.3 is 0 Å². The van der Waals surface area contributed by atoms with Gasteiger partial charge in [0.15, 0.2) is 0 Å². The van der Waals surface area contributed by atoms with Crippen LogP contribution in [-0.2, 0) is 22.7 Å². The van der Waals surface area contributed by atoms with Crippen molar-refractivity contribution >= 4 is 11.8 Å². The van der Waals surface area contributed by atoms with E-state index < -0.39 is 0 Å². The Labute approximate surface area is 183 Å². The maximum Gasteiger partial charge on any atom is 0.239 e. The largest absolute Gasteiger partial charge is 0.350 e. The van der Waals surface area contributed by atoms with E-state index >= 15 is 0 Å². The highest BCUT2D eigenvalue weighted by Gasteiger charge is 2.22. The smallest absolute Gasteiger partial charge is 0.239 e. The number of hydrogen-bond acceptors (Lipinski definition) is 4. The van der Waals surface area contributed by atoms with E-state index in [1.54, 1.807) is 17.0 Å². The van der Waals surface area contributed by atoms with Gasteiger partial charge in [-0.05, 0) is 30.2 Å². The molecule has 1 aliphatic heterocycles. The van der Waals surface area contributed by atoms with E-state index in [9.17, 15) is 14.0 Å². The molecule has 0 bridgehead atoms. The van der Waals surface area contributed by atoms with Crippen molar-refractivity contribution in [3.8, 4) is 0 Å². The Kier molecular flexibility index (Phi) is 8.55. The third-order valence-electron chi connectivity index (χ3n) is 5.54. The van der Waals surface area contributed by atoms with Crippen LogP contribution in [0.1, 0.15) is 18.1 Å². The molecule has 1 fully saturated rings. The average molecular weight is 427 g/mol. The number of nitrogens with zero attached hydrogens (tertiary/aromatic N) is 3. The summed E-state index contributed by atoms with van der Waals surface area (Å²) in [6.45, 7) is 7.49. The van der Waals surface area contributed by atoms with Gasteiger partial charge in [-0.3, -0.25) is 19.4 Å². The quantitative estimate of drug-likeness (QED) is 0.667. The van der Waals surface area contributed by atoms with Gasteiger partial charge in [-0.25, -0.2) is 4.39 Å². The van der Waals surface area contributed by atoms with E-state index in [1.807, 2.05) is 13.0 Å². The molecule has 1 N–H and O–H groups in total. The van der Waals surface area contributed by atoms with Crippen LogP contribution < -0.4 is 5.32 Å². The number of halogens is 1. The van der Waals surface area contributed by atoms with Crippen LogP contribution in [0, 0.1) is 5.82 Å². The molecule has 0 atom stereocenters. The Morgan fingerprint density at radius 1 is 0.935 bits per heavy atom. The lowest BCUT2D eigenvalue weighted by molar-refractivity contribution is -0.137. The van der Waals surface area contributed by atoms with Gasteiger partial charge < -0.3 is 10.2 Å². The highest BCUT2D eigenvalue weighted by molar-refractivity contribution is 5.85. The van der Waals surface area contributed by atoms with Gasteiger partial charge in [0.25, 0.3) is 0 Å². The number of rotatable bonds is 9. The maximum absolute atomic E-state index is 13.0. The minimum absolute atomic E-state index is 0.0315. The Hall–Kier alpha value is -2.77. The van der Waals surface area contributed by atoms with E-state index in [4.69, 9.17) is 0 Å². The van der Waals surface area contributed by atoms with Gasteiger partial charge in [-0.2, -0.15) is 0 Å². The van der Waals surface area contributed by atoms with E-state index in [1.165, 1.54) is 17.7 Å². The third-order valence-corrected chi connectivity index (χ3v) is 5.54. The van der Waals surface area contributed by atoms with Crippen molar-refractivity contribution in [2.45, 2.75) is 20.0 Å². The molecule has 0 aromatic heterocycles. The summed E-state index contributed by atoms with van der Waals surface area (Å²) in [5.74, 6) is -0.554. The molecule has 166 valence electrons. The molecular formula is C24H31FN4O2. The normalized spacial score (nSPS) is 14.9. The Morgan fingerprint density at radius 3 is 2.23 bits per heavy atom. The molecule has 1 heterocycles. The van der Waals surface area contributed by atoms with Crippen molar-refractivity contribution in [3.05, 3.63) is 71.5 Å². The number of nitrogens with one attached hydrogen (secondary N) is 1. The number of amides is 2. The number of likely N-dealkylation sites (N-methyl/N-ethyl adjacent to an activating group) is 1. The van der Waals surface area contributed by atoms with Crippen LogP contribution in [0.4, 0.5) is 4.39 Å². The molecule has 0 radical (unpaired) electrons. The van der Waals surface area contributed by atoms with Gasteiger partial charge in [0.05, 0.1) is 13.1 Å². The van der Waals surface area contributed by atoms with Crippen molar-refractivity contribution in [1.29, 1.82) is 0 Å². The summed E-state index contributed by atoms with van der Waals surface area (Å²) in [7, 11) is 0. The number of benzene rings is 2. The molecule has 3 rings (SSSR count). The van der Waals surface area contributed by atoms with E-state index in [0.717, 1.165) is 38.3 Å². The number of carbonyl (C=O) groups is 2. The molecule has 2 aromatic carbocycles. The molecule has 0 spiro atoms. The molecular weight excluding hydrogens is 395 g/mol. The zero-order valence-electron chi connectivity index (χ0n) is 18.1. The molecule has 0 saturated carbocycles. The van der Waals surface area contributed by atoms with Gasteiger partial charge in [0.1, 0.15) is 5.82 Å². The molecule has 1 saturated heterocycles. The van der Waals surface area contributed by atoms with Gasteiger partial charge in [-0.15, -0.1) is 0 Å². The molecule has 31 heavy (non-hydrogen) atoms. The number of carbonyl (C=O) groups excluding carboxylic acids is 2. The maximum atomic E-state index is 13.0. The SMILES string of the molecule is CCN(CC(=O)NCc1ccc(F)cc1)C(=O)CN1CCN(Cc2ccccc2)CC1. The minimum Gasteiger partial charge on any atom is -0.350 e. The first-order valence-electron chi connectivity index (χ1n) is 10.8. The Morgan fingerprint density at radius 2 is 1.58 bits per heavy atom. The summed E-state index contributed by atoms with van der Waals surface area (Å²) >= 11 is 0. The van der Waals surface area contributed by atoms with Crippen LogP contribution in [0.5, 0.6) is 0 Å². The molecule has 2 amide bonds. The standard InChI is InChI=1S/C24H31FN4O2/c1-2-29(18-23(30)26-16-20-8-10-22(25)11-9-20)24(31)19-28-14-12-27(13-15-28)17-21-6-4-3-5-7-21/h3-11H,2,12-19H2,1H3,(H,26,30). The second kappa shape index (κ2) is 11.6. The molecule has 7 heteroatoms. The zero-order chi connectivity index (χ0) is 22.1. The molecule has 6 nitrogen and oxygen atoms in total. The predicted molar refractivity (Wildman–Crippen MR) is 119 cm³/mol. The van der Waals surface area contributed by atoms with Gasteiger partial charge in [0.2, 0.25) is 11.8 Å². The molecule has 0 aliphatic carbocycles. The predicted octanol–water partition coefficient (Wildman–Crippen LogP) is 2.11. The summed E-state index contributed by atoms with van der Waals surface area (Å²) in [6.07, 6.45) is 0. The second-order valence-corrected chi connectivity index (χ2v) is 7.85. The Balaban J connectivity index is 1.39. The highest BCUT2D eigenvalue weighted by Crippen LogP contribution is 2.09. The van der Waals surface area contributed by atoms with Crippen molar-refractivity contribution < 1.29 is 14.0 Å². The van der Waals surface area contributed by atoms with Crippen molar-refractivity contribution in [2.75, 3.05) is 45.8 Å². The summed E-state index contributed by atoms with van der Waals surface area (Å²) < 4.78 is 13.0. The fourth-order valence-corrected chi connectivity index (χ4v) is 3.65. The zero-order valence-corrected chi connectivity index (χ0v) is 18.1. The van der Waals surface area contributed by atoms with Crippen molar-refractivity contribution in [1.82, 2.24) is 20.0 Å². The second-order valence-electron chi connectivity index (χ2n) is 7.85. The first-order valence-corrected chi connectivity index (χ1v) is 10.8. The first-order chi connectivity index (χ1) is 15.0. The lowest BCUT2D eigenvalue weighted by atomic mass is 10.2. The van der Waals surface area contributed by atoms with E-state index in [0.29, 0.717) is 19.6 Å².